The van der Waals surface area contributed by atoms with E-state index >= 15 is 0 Å². The van der Waals surface area contributed by atoms with Gasteiger partial charge in [-0.2, -0.15) is 5.26 Å². The second-order valence-corrected chi connectivity index (χ2v) is 6.99. The van der Waals surface area contributed by atoms with Crippen LogP contribution in [-0.4, -0.2) is 43.0 Å². The van der Waals surface area contributed by atoms with Gasteiger partial charge in [0.25, 0.3) is 0 Å². The van der Waals surface area contributed by atoms with E-state index in [0.29, 0.717) is 6.04 Å². The van der Waals surface area contributed by atoms with E-state index in [1.165, 1.54) is 22.3 Å². The molecule has 1 atom stereocenters. The highest BCUT2D eigenvalue weighted by Gasteiger charge is 2.30. The lowest BCUT2D eigenvalue weighted by molar-refractivity contribution is 0.111. The zero-order valence-electron chi connectivity index (χ0n) is 14.7. The SMILES string of the molecule is CN1CCN(C2Cc3ccccc3/C(=C\C#N)c3ccccc32)CC1. The summed E-state index contributed by atoms with van der Waals surface area (Å²) >= 11 is 0. The van der Waals surface area contributed by atoms with Crippen LogP contribution in [-0.2, 0) is 6.42 Å². The molecule has 1 fully saturated rings. The molecule has 3 nitrogen and oxygen atoms in total. The van der Waals surface area contributed by atoms with Gasteiger partial charge in [0.2, 0.25) is 0 Å². The van der Waals surface area contributed by atoms with Crippen molar-refractivity contribution in [3.8, 4) is 6.07 Å². The van der Waals surface area contributed by atoms with Crippen LogP contribution in [0.3, 0.4) is 0 Å². The average molecular weight is 329 g/mol. The number of hydrogen-bond donors (Lipinski definition) is 0. The third-order valence-corrected chi connectivity index (χ3v) is 5.52. The fraction of sp³-hybridized carbons (Fsp3) is 0.318. The quantitative estimate of drug-likeness (QED) is 0.750. The molecule has 0 aromatic heterocycles. The minimum absolute atomic E-state index is 0.371. The fourth-order valence-electron chi connectivity index (χ4n) is 4.14. The van der Waals surface area contributed by atoms with Crippen molar-refractivity contribution >= 4 is 5.57 Å². The van der Waals surface area contributed by atoms with Crippen molar-refractivity contribution in [2.45, 2.75) is 12.5 Å². The Hall–Kier alpha value is -2.41. The topological polar surface area (TPSA) is 30.3 Å². The van der Waals surface area contributed by atoms with Gasteiger partial charge in [-0.05, 0) is 41.3 Å². The summed E-state index contributed by atoms with van der Waals surface area (Å²) in [5, 5.41) is 9.36. The molecule has 1 saturated heterocycles. The normalized spacial score (nSPS) is 22.7. The van der Waals surface area contributed by atoms with E-state index in [-0.39, 0.29) is 0 Å². The monoisotopic (exact) mass is 329 g/mol. The van der Waals surface area contributed by atoms with Crippen LogP contribution in [0.15, 0.2) is 54.6 Å². The average Bonchev–Trinajstić information content (AvgIpc) is 2.79. The van der Waals surface area contributed by atoms with E-state index in [9.17, 15) is 5.26 Å². The van der Waals surface area contributed by atoms with E-state index in [1.807, 2.05) is 0 Å². The molecule has 126 valence electrons. The Morgan fingerprint density at radius 2 is 1.64 bits per heavy atom. The molecule has 0 bridgehead atoms. The molecule has 25 heavy (non-hydrogen) atoms. The fourth-order valence-corrected chi connectivity index (χ4v) is 4.14. The minimum Gasteiger partial charge on any atom is -0.304 e. The summed E-state index contributed by atoms with van der Waals surface area (Å²) in [6.07, 6.45) is 2.71. The number of hydrogen-bond acceptors (Lipinski definition) is 3. The minimum atomic E-state index is 0.371. The molecular weight excluding hydrogens is 306 g/mol. The summed E-state index contributed by atoms with van der Waals surface area (Å²) in [7, 11) is 2.20. The lowest BCUT2D eigenvalue weighted by Gasteiger charge is -2.38. The number of fused-ring (bicyclic) bond motifs is 2. The van der Waals surface area contributed by atoms with Crippen molar-refractivity contribution in [1.82, 2.24) is 9.80 Å². The van der Waals surface area contributed by atoms with Crippen LogP contribution in [0, 0.1) is 11.3 Å². The van der Waals surface area contributed by atoms with E-state index < -0.39 is 0 Å². The Labute approximate surface area is 149 Å². The summed E-state index contributed by atoms with van der Waals surface area (Å²) in [6.45, 7) is 4.41. The van der Waals surface area contributed by atoms with Crippen LogP contribution in [0.25, 0.3) is 5.57 Å². The first-order valence-electron chi connectivity index (χ1n) is 8.98. The van der Waals surface area contributed by atoms with Crippen molar-refractivity contribution < 1.29 is 0 Å². The Bertz CT molecular complexity index is 838. The molecule has 0 saturated carbocycles. The number of nitrogens with zero attached hydrogens (tertiary/aromatic N) is 3. The van der Waals surface area contributed by atoms with Gasteiger partial charge in [0.15, 0.2) is 0 Å². The van der Waals surface area contributed by atoms with Gasteiger partial charge in [-0.3, -0.25) is 4.90 Å². The third kappa shape index (κ3) is 3.00. The molecule has 2 aliphatic rings. The first-order chi connectivity index (χ1) is 12.3. The summed E-state index contributed by atoms with van der Waals surface area (Å²) in [6, 6.07) is 19.8. The van der Waals surface area contributed by atoms with Crippen LogP contribution in [0.5, 0.6) is 0 Å². The van der Waals surface area contributed by atoms with Gasteiger partial charge in [0.05, 0.1) is 6.07 Å². The molecule has 1 aliphatic carbocycles. The third-order valence-electron chi connectivity index (χ3n) is 5.52. The van der Waals surface area contributed by atoms with Gasteiger partial charge in [0.1, 0.15) is 0 Å². The van der Waals surface area contributed by atoms with Crippen molar-refractivity contribution in [2.75, 3.05) is 33.2 Å². The first-order valence-corrected chi connectivity index (χ1v) is 8.98. The number of nitriles is 1. The molecule has 0 amide bonds. The van der Waals surface area contributed by atoms with Crippen LogP contribution in [0.2, 0.25) is 0 Å². The van der Waals surface area contributed by atoms with E-state index in [2.05, 4.69) is 71.4 Å². The molecule has 4 rings (SSSR count). The molecular formula is C22H23N3. The molecule has 1 aliphatic heterocycles. The highest BCUT2D eigenvalue weighted by Crippen LogP contribution is 2.40. The molecule has 1 heterocycles. The lowest BCUT2D eigenvalue weighted by Crippen LogP contribution is -2.46. The largest absolute Gasteiger partial charge is 0.304 e. The second kappa shape index (κ2) is 6.84. The van der Waals surface area contributed by atoms with Crippen molar-refractivity contribution in [2.24, 2.45) is 0 Å². The molecule has 2 aromatic rings. The zero-order valence-corrected chi connectivity index (χ0v) is 14.7. The lowest BCUT2D eigenvalue weighted by atomic mass is 9.93. The summed E-state index contributed by atoms with van der Waals surface area (Å²) in [4.78, 5) is 5.01. The second-order valence-electron chi connectivity index (χ2n) is 6.99. The Balaban J connectivity index is 1.86. The van der Waals surface area contributed by atoms with Crippen LogP contribution in [0.4, 0.5) is 0 Å². The Morgan fingerprint density at radius 1 is 0.960 bits per heavy atom. The number of likely N-dealkylation sites (N-methyl/N-ethyl adjacent to an activating group) is 1. The number of benzene rings is 2. The highest BCUT2D eigenvalue weighted by atomic mass is 15.3. The van der Waals surface area contributed by atoms with Crippen LogP contribution >= 0.6 is 0 Å². The zero-order chi connectivity index (χ0) is 17.2. The van der Waals surface area contributed by atoms with E-state index in [4.69, 9.17) is 0 Å². The Kier molecular flexibility index (Phi) is 4.40. The van der Waals surface area contributed by atoms with Gasteiger partial charge in [-0.25, -0.2) is 0 Å². The molecule has 3 heteroatoms. The van der Waals surface area contributed by atoms with Gasteiger partial charge >= 0.3 is 0 Å². The van der Waals surface area contributed by atoms with Crippen LogP contribution < -0.4 is 0 Å². The molecule has 0 N–H and O–H groups in total. The van der Waals surface area contributed by atoms with E-state index in [1.54, 1.807) is 6.08 Å². The van der Waals surface area contributed by atoms with Gasteiger partial charge in [0, 0.05) is 38.3 Å². The van der Waals surface area contributed by atoms with Crippen LogP contribution in [0.1, 0.15) is 28.3 Å². The molecule has 2 aromatic carbocycles. The maximum Gasteiger partial charge on any atom is 0.0918 e. The number of piperazine rings is 1. The smallest absolute Gasteiger partial charge is 0.0918 e. The number of rotatable bonds is 1. The van der Waals surface area contributed by atoms with Crippen molar-refractivity contribution in [1.29, 1.82) is 5.26 Å². The van der Waals surface area contributed by atoms with Gasteiger partial charge in [-0.1, -0.05) is 48.5 Å². The Morgan fingerprint density at radius 3 is 2.40 bits per heavy atom. The van der Waals surface area contributed by atoms with E-state index in [0.717, 1.165) is 38.2 Å². The highest BCUT2D eigenvalue weighted by molar-refractivity contribution is 5.85. The summed E-state index contributed by atoms with van der Waals surface area (Å²) in [5.74, 6) is 0. The summed E-state index contributed by atoms with van der Waals surface area (Å²) < 4.78 is 0. The number of allylic oxidation sites excluding steroid dienone is 1. The summed E-state index contributed by atoms with van der Waals surface area (Å²) in [5.41, 5.74) is 6.16. The molecule has 0 radical (unpaired) electrons. The maximum atomic E-state index is 9.36. The standard InChI is InChI=1S/C22H23N3/c1-24-12-14-25(15-13-24)22-16-17-6-2-3-7-18(17)20(10-11-23)19-8-4-5-9-21(19)22/h2-10,22H,12-16H2,1H3/b20-10+. The molecule has 0 spiro atoms. The first kappa shape index (κ1) is 16.1. The van der Waals surface area contributed by atoms with Gasteiger partial charge in [-0.15, -0.1) is 0 Å². The van der Waals surface area contributed by atoms with Gasteiger partial charge < -0.3 is 4.90 Å². The predicted octanol–water partition coefficient (Wildman–Crippen LogP) is 3.49. The molecule has 1 unspecified atom stereocenters. The van der Waals surface area contributed by atoms with Crippen molar-refractivity contribution in [3.05, 3.63) is 76.9 Å². The predicted molar refractivity (Wildman–Crippen MR) is 101 cm³/mol. The maximum absolute atomic E-state index is 9.36. The van der Waals surface area contributed by atoms with Crippen molar-refractivity contribution in [3.63, 3.8) is 0 Å².